The van der Waals surface area contributed by atoms with E-state index in [1.165, 1.54) is 18.1 Å². The molecule has 1 saturated heterocycles. The Morgan fingerprint density at radius 1 is 1.36 bits per heavy atom. The number of amides is 2. The van der Waals surface area contributed by atoms with Gasteiger partial charge < -0.3 is 9.47 Å². The average Bonchev–Trinajstić information content (AvgIpc) is 2.84. The van der Waals surface area contributed by atoms with E-state index in [1.54, 1.807) is 18.3 Å². The molecule has 3 rings (SSSR count). The Morgan fingerprint density at radius 3 is 2.86 bits per heavy atom. The quantitative estimate of drug-likeness (QED) is 0.783. The van der Waals surface area contributed by atoms with Crippen LogP contribution in [0, 0.1) is 5.92 Å². The van der Waals surface area contributed by atoms with Crippen molar-refractivity contribution >= 4 is 17.4 Å². The molecule has 3 heterocycles. The first-order chi connectivity index (χ1) is 10.7. The monoisotopic (exact) mass is 302 g/mol. The van der Waals surface area contributed by atoms with Gasteiger partial charge in [-0.05, 0) is 30.9 Å². The lowest BCUT2D eigenvalue weighted by atomic mass is 9.99. The molecule has 116 valence electrons. The zero-order valence-electron chi connectivity index (χ0n) is 12.4. The van der Waals surface area contributed by atoms with Crippen LogP contribution in [-0.2, 0) is 14.3 Å². The Labute approximate surface area is 128 Å². The maximum absolute atomic E-state index is 12.6. The van der Waals surface area contributed by atoms with Gasteiger partial charge >= 0.3 is 0 Å². The van der Waals surface area contributed by atoms with E-state index in [9.17, 15) is 9.59 Å². The molecule has 1 fully saturated rings. The minimum atomic E-state index is -0.275. The summed E-state index contributed by atoms with van der Waals surface area (Å²) < 4.78 is 10.5. The summed E-state index contributed by atoms with van der Waals surface area (Å²) in [5.41, 5.74) is 0.903. The molecular formula is C16H18N2O4. The van der Waals surface area contributed by atoms with Crippen LogP contribution in [-0.4, -0.2) is 48.6 Å². The Balaban J connectivity index is 1.79. The number of aromatic nitrogens is 1. The van der Waals surface area contributed by atoms with E-state index in [-0.39, 0.29) is 11.8 Å². The third-order valence-electron chi connectivity index (χ3n) is 4.05. The summed E-state index contributed by atoms with van der Waals surface area (Å²) >= 11 is 0. The number of carbonyl (C=O) groups is 2. The summed E-state index contributed by atoms with van der Waals surface area (Å²) in [6.07, 6.45) is 4.72. The second kappa shape index (κ2) is 6.27. The highest BCUT2D eigenvalue weighted by Crippen LogP contribution is 2.30. The van der Waals surface area contributed by atoms with Crippen molar-refractivity contribution < 1.29 is 19.1 Å². The van der Waals surface area contributed by atoms with Crippen molar-refractivity contribution in [2.24, 2.45) is 5.92 Å². The highest BCUT2D eigenvalue weighted by atomic mass is 16.5. The molecule has 1 aromatic heterocycles. The molecule has 1 aromatic rings. The second-order valence-corrected chi connectivity index (χ2v) is 5.43. The van der Waals surface area contributed by atoms with Gasteiger partial charge in [-0.25, -0.2) is 4.98 Å². The molecule has 0 aromatic carbocycles. The summed E-state index contributed by atoms with van der Waals surface area (Å²) in [6, 6.07) is 3.46. The fraction of sp³-hybridized carbons (Fsp3) is 0.438. The summed E-state index contributed by atoms with van der Waals surface area (Å²) in [4.78, 5) is 30.2. The molecule has 0 spiro atoms. The number of hydrogen-bond donors (Lipinski definition) is 0. The average molecular weight is 302 g/mol. The lowest BCUT2D eigenvalue weighted by Gasteiger charge is -2.26. The molecular weight excluding hydrogens is 284 g/mol. The first-order valence-electron chi connectivity index (χ1n) is 7.35. The van der Waals surface area contributed by atoms with E-state index in [0.29, 0.717) is 42.7 Å². The standard InChI is InChI=1S/C16H18N2O4/c1-21-15-12(3-2-6-17-15)13-9-14(19)18(16(13)20)10-11-4-7-22-8-5-11/h2-3,6,9,11H,4-5,7-8,10H2,1H3. The normalized spacial score (nSPS) is 19.5. The van der Waals surface area contributed by atoms with Gasteiger partial charge in [-0.2, -0.15) is 0 Å². The predicted octanol–water partition coefficient (Wildman–Crippen LogP) is 1.27. The lowest BCUT2D eigenvalue weighted by Crippen LogP contribution is -2.37. The summed E-state index contributed by atoms with van der Waals surface area (Å²) in [5.74, 6) is 0.119. The van der Waals surface area contributed by atoms with E-state index in [0.717, 1.165) is 12.8 Å². The molecule has 0 N–H and O–H groups in total. The van der Waals surface area contributed by atoms with Crippen molar-refractivity contribution in [2.75, 3.05) is 26.9 Å². The first kappa shape index (κ1) is 14.7. The molecule has 2 aliphatic heterocycles. The van der Waals surface area contributed by atoms with Gasteiger partial charge in [0.25, 0.3) is 11.8 Å². The molecule has 6 nitrogen and oxygen atoms in total. The number of carbonyl (C=O) groups excluding carboxylic acids is 2. The molecule has 6 heteroatoms. The molecule has 0 saturated carbocycles. The van der Waals surface area contributed by atoms with Gasteiger partial charge in [0, 0.05) is 37.6 Å². The third-order valence-corrected chi connectivity index (χ3v) is 4.05. The van der Waals surface area contributed by atoms with Gasteiger partial charge in [0.05, 0.1) is 12.7 Å². The number of nitrogens with zero attached hydrogens (tertiary/aromatic N) is 2. The van der Waals surface area contributed by atoms with Gasteiger partial charge in [-0.15, -0.1) is 0 Å². The van der Waals surface area contributed by atoms with Crippen molar-refractivity contribution in [3.8, 4) is 5.88 Å². The van der Waals surface area contributed by atoms with E-state index >= 15 is 0 Å². The van der Waals surface area contributed by atoms with Crippen LogP contribution in [0.5, 0.6) is 5.88 Å². The van der Waals surface area contributed by atoms with Crippen LogP contribution >= 0.6 is 0 Å². The fourth-order valence-corrected chi connectivity index (χ4v) is 2.82. The highest BCUT2D eigenvalue weighted by molar-refractivity contribution is 6.33. The van der Waals surface area contributed by atoms with Crippen LogP contribution in [0.15, 0.2) is 24.4 Å². The Kier molecular flexibility index (Phi) is 4.20. The van der Waals surface area contributed by atoms with Crippen molar-refractivity contribution in [3.63, 3.8) is 0 Å². The van der Waals surface area contributed by atoms with E-state index in [2.05, 4.69) is 4.98 Å². The zero-order valence-corrected chi connectivity index (χ0v) is 12.4. The second-order valence-electron chi connectivity index (χ2n) is 5.43. The summed E-state index contributed by atoms with van der Waals surface area (Å²) in [7, 11) is 1.49. The molecule has 0 radical (unpaired) electrons. The number of methoxy groups -OCH3 is 1. The molecule has 2 amide bonds. The molecule has 0 aliphatic carbocycles. The van der Waals surface area contributed by atoms with Crippen LogP contribution < -0.4 is 4.74 Å². The van der Waals surface area contributed by atoms with Crippen molar-refractivity contribution in [1.29, 1.82) is 0 Å². The lowest BCUT2D eigenvalue weighted by molar-refractivity contribution is -0.137. The van der Waals surface area contributed by atoms with Gasteiger partial charge in [-0.1, -0.05) is 0 Å². The first-order valence-corrected chi connectivity index (χ1v) is 7.35. The SMILES string of the molecule is COc1ncccc1C1=CC(=O)N(CC2CCOCC2)C1=O. The Morgan fingerprint density at radius 2 is 2.14 bits per heavy atom. The van der Waals surface area contributed by atoms with Crippen LogP contribution in [0.25, 0.3) is 5.57 Å². The van der Waals surface area contributed by atoms with E-state index in [4.69, 9.17) is 9.47 Å². The van der Waals surface area contributed by atoms with Gasteiger partial charge in [0.15, 0.2) is 0 Å². The number of pyridine rings is 1. The van der Waals surface area contributed by atoms with E-state index in [1.807, 2.05) is 0 Å². The number of ether oxygens (including phenoxy) is 2. The molecule has 0 atom stereocenters. The molecule has 22 heavy (non-hydrogen) atoms. The highest BCUT2D eigenvalue weighted by Gasteiger charge is 2.35. The zero-order chi connectivity index (χ0) is 15.5. The van der Waals surface area contributed by atoms with Gasteiger partial charge in [0.1, 0.15) is 0 Å². The minimum Gasteiger partial charge on any atom is -0.481 e. The van der Waals surface area contributed by atoms with Crippen molar-refractivity contribution in [3.05, 3.63) is 30.0 Å². The maximum atomic E-state index is 12.6. The van der Waals surface area contributed by atoms with Crippen molar-refractivity contribution in [1.82, 2.24) is 9.88 Å². The number of hydrogen-bond acceptors (Lipinski definition) is 5. The van der Waals surface area contributed by atoms with E-state index < -0.39 is 0 Å². The topological polar surface area (TPSA) is 68.7 Å². The summed E-state index contributed by atoms with van der Waals surface area (Å²) in [5, 5.41) is 0. The van der Waals surface area contributed by atoms with Crippen LogP contribution in [0.2, 0.25) is 0 Å². The molecule has 0 unspecified atom stereocenters. The predicted molar refractivity (Wildman–Crippen MR) is 79.0 cm³/mol. The molecule has 0 bridgehead atoms. The minimum absolute atomic E-state index is 0.266. The number of imide groups is 1. The van der Waals surface area contributed by atoms with Crippen molar-refractivity contribution in [2.45, 2.75) is 12.8 Å². The smallest absolute Gasteiger partial charge is 0.261 e. The van der Waals surface area contributed by atoms with Gasteiger partial charge in [0.2, 0.25) is 5.88 Å². The summed E-state index contributed by atoms with van der Waals surface area (Å²) in [6.45, 7) is 1.83. The van der Waals surface area contributed by atoms with Gasteiger partial charge in [-0.3, -0.25) is 14.5 Å². The largest absolute Gasteiger partial charge is 0.481 e. The fourth-order valence-electron chi connectivity index (χ4n) is 2.82. The molecule has 2 aliphatic rings. The maximum Gasteiger partial charge on any atom is 0.261 e. The third kappa shape index (κ3) is 2.74. The van der Waals surface area contributed by atoms with Crippen LogP contribution in [0.1, 0.15) is 18.4 Å². The Hall–Kier alpha value is -2.21. The van der Waals surface area contributed by atoms with Crippen LogP contribution in [0.3, 0.4) is 0 Å². The number of rotatable bonds is 4. The Bertz CT molecular complexity index is 620. The van der Waals surface area contributed by atoms with Crippen LogP contribution in [0.4, 0.5) is 0 Å².